The molecule has 2 aromatic heterocycles. The maximum atomic E-state index is 12.5. The summed E-state index contributed by atoms with van der Waals surface area (Å²) in [5.41, 5.74) is 4.13. The van der Waals surface area contributed by atoms with E-state index in [1.165, 1.54) is 0 Å². The Kier molecular flexibility index (Phi) is 5.71. The Bertz CT molecular complexity index is 1150. The minimum atomic E-state index is -0.248. The van der Waals surface area contributed by atoms with Gasteiger partial charge in [0.25, 0.3) is 0 Å². The molecule has 0 radical (unpaired) electrons. The molecule has 0 aliphatic rings. The summed E-state index contributed by atoms with van der Waals surface area (Å²) in [7, 11) is 0. The third-order valence-electron chi connectivity index (χ3n) is 5.32. The minimum absolute atomic E-state index is 0.127. The largest absolute Gasteiger partial charge is 0.464 e. The molecule has 4 aromatic rings. The van der Waals surface area contributed by atoms with E-state index in [1.54, 1.807) is 0 Å². The molecule has 0 saturated heterocycles. The lowest BCUT2D eigenvalue weighted by molar-refractivity contribution is -0.144. The van der Waals surface area contributed by atoms with Crippen LogP contribution in [0.1, 0.15) is 20.3 Å². The lowest BCUT2D eigenvalue weighted by Crippen LogP contribution is -2.25. The van der Waals surface area contributed by atoms with Gasteiger partial charge in [0.1, 0.15) is 12.1 Å². The minimum Gasteiger partial charge on any atom is -0.464 e. The smallest absolute Gasteiger partial charge is 0.326 e. The summed E-state index contributed by atoms with van der Waals surface area (Å²) in [6.07, 6.45) is 0.838. The third kappa shape index (κ3) is 3.93. The monoisotopic (exact) mass is 390 g/mol. The SMILES string of the molecule is CCN(CC)CCCOC(=O)Cn1c2ccccc2c2nc3ccccc3nc21. The summed E-state index contributed by atoms with van der Waals surface area (Å²) in [6, 6.07) is 15.8. The second-order valence-corrected chi connectivity index (χ2v) is 7.09. The second kappa shape index (κ2) is 8.57. The molecule has 2 aromatic carbocycles. The Morgan fingerprint density at radius 3 is 2.45 bits per heavy atom. The van der Waals surface area contributed by atoms with Gasteiger partial charge in [-0.2, -0.15) is 0 Å². The fourth-order valence-electron chi connectivity index (χ4n) is 3.73. The molecule has 6 heteroatoms. The first-order chi connectivity index (χ1) is 14.2. The third-order valence-corrected chi connectivity index (χ3v) is 5.32. The van der Waals surface area contributed by atoms with Gasteiger partial charge in [-0.3, -0.25) is 4.79 Å². The number of fused-ring (bicyclic) bond motifs is 4. The summed E-state index contributed by atoms with van der Waals surface area (Å²) >= 11 is 0. The average Bonchev–Trinajstić information content (AvgIpc) is 3.05. The molecule has 2 heterocycles. The van der Waals surface area contributed by atoms with Crippen molar-refractivity contribution >= 4 is 39.1 Å². The van der Waals surface area contributed by atoms with E-state index in [1.807, 2.05) is 53.1 Å². The van der Waals surface area contributed by atoms with Gasteiger partial charge in [0.05, 0.1) is 23.2 Å². The molecule has 0 bridgehead atoms. The fraction of sp³-hybridized carbons (Fsp3) is 0.348. The number of carbonyl (C=O) groups is 1. The lowest BCUT2D eigenvalue weighted by atomic mass is 10.2. The van der Waals surface area contributed by atoms with Crippen LogP contribution < -0.4 is 0 Å². The molecule has 0 atom stereocenters. The summed E-state index contributed by atoms with van der Waals surface area (Å²) in [6.45, 7) is 7.80. The Hall–Kier alpha value is -2.99. The van der Waals surface area contributed by atoms with E-state index in [2.05, 4.69) is 18.7 Å². The number of esters is 1. The molecule has 29 heavy (non-hydrogen) atoms. The van der Waals surface area contributed by atoms with E-state index >= 15 is 0 Å². The zero-order valence-electron chi connectivity index (χ0n) is 17.0. The van der Waals surface area contributed by atoms with Crippen LogP contribution in [0, 0.1) is 0 Å². The number of para-hydroxylation sites is 3. The maximum Gasteiger partial charge on any atom is 0.326 e. The van der Waals surface area contributed by atoms with Crippen molar-refractivity contribution in [2.45, 2.75) is 26.8 Å². The lowest BCUT2D eigenvalue weighted by Gasteiger charge is -2.17. The van der Waals surface area contributed by atoms with Crippen LogP contribution in [-0.4, -0.2) is 51.6 Å². The fourth-order valence-corrected chi connectivity index (χ4v) is 3.73. The Balaban J connectivity index is 1.59. The van der Waals surface area contributed by atoms with Crippen LogP contribution >= 0.6 is 0 Å². The Labute approximate surface area is 170 Å². The summed E-state index contributed by atoms with van der Waals surface area (Å²) in [5.74, 6) is -0.248. The van der Waals surface area contributed by atoms with Crippen molar-refractivity contribution in [2.75, 3.05) is 26.2 Å². The number of carbonyl (C=O) groups excluding carboxylic acids is 1. The Morgan fingerprint density at radius 1 is 1.00 bits per heavy atom. The van der Waals surface area contributed by atoms with Crippen LogP contribution in [0.2, 0.25) is 0 Å². The molecule has 0 N–H and O–H groups in total. The molecule has 0 aliphatic heterocycles. The molecule has 0 fully saturated rings. The van der Waals surface area contributed by atoms with Gasteiger partial charge in [0, 0.05) is 11.9 Å². The highest BCUT2D eigenvalue weighted by atomic mass is 16.5. The predicted molar refractivity (Wildman–Crippen MR) is 116 cm³/mol. The highest BCUT2D eigenvalue weighted by Gasteiger charge is 2.17. The van der Waals surface area contributed by atoms with Crippen LogP contribution in [0.3, 0.4) is 0 Å². The van der Waals surface area contributed by atoms with Crippen molar-refractivity contribution in [3.8, 4) is 0 Å². The van der Waals surface area contributed by atoms with Gasteiger partial charge in [-0.05, 0) is 37.7 Å². The average molecular weight is 390 g/mol. The molecule has 0 aliphatic carbocycles. The molecular weight excluding hydrogens is 364 g/mol. The van der Waals surface area contributed by atoms with Gasteiger partial charge in [0.15, 0.2) is 5.65 Å². The first-order valence-electron chi connectivity index (χ1n) is 10.2. The van der Waals surface area contributed by atoms with Crippen molar-refractivity contribution in [3.05, 3.63) is 48.5 Å². The van der Waals surface area contributed by atoms with Crippen molar-refractivity contribution in [1.29, 1.82) is 0 Å². The number of ether oxygens (including phenoxy) is 1. The van der Waals surface area contributed by atoms with E-state index in [-0.39, 0.29) is 12.5 Å². The first-order valence-corrected chi connectivity index (χ1v) is 10.2. The zero-order valence-corrected chi connectivity index (χ0v) is 17.0. The normalized spacial score (nSPS) is 11.7. The van der Waals surface area contributed by atoms with Crippen LogP contribution in [0.15, 0.2) is 48.5 Å². The van der Waals surface area contributed by atoms with Gasteiger partial charge in [-0.25, -0.2) is 9.97 Å². The standard InChI is InChI=1S/C23H26N4O2/c1-3-26(4-2)14-9-15-29-21(28)16-27-20-13-8-5-10-17(20)22-23(27)25-19-12-7-6-11-18(19)24-22/h5-8,10-13H,3-4,9,14-16H2,1-2H3. The number of rotatable bonds is 8. The second-order valence-electron chi connectivity index (χ2n) is 7.09. The number of hydrogen-bond donors (Lipinski definition) is 0. The number of hydrogen-bond acceptors (Lipinski definition) is 5. The van der Waals surface area contributed by atoms with Crippen molar-refractivity contribution < 1.29 is 9.53 Å². The van der Waals surface area contributed by atoms with Crippen molar-refractivity contribution in [1.82, 2.24) is 19.4 Å². The molecule has 0 unspecified atom stereocenters. The van der Waals surface area contributed by atoms with E-state index < -0.39 is 0 Å². The summed E-state index contributed by atoms with van der Waals surface area (Å²) in [4.78, 5) is 24.5. The Morgan fingerprint density at radius 2 is 1.69 bits per heavy atom. The van der Waals surface area contributed by atoms with Gasteiger partial charge in [-0.1, -0.05) is 44.2 Å². The van der Waals surface area contributed by atoms with E-state index in [0.717, 1.165) is 53.5 Å². The highest BCUT2D eigenvalue weighted by molar-refractivity contribution is 6.06. The summed E-state index contributed by atoms with van der Waals surface area (Å²) < 4.78 is 7.42. The number of aromatic nitrogens is 3. The predicted octanol–water partition coefficient (Wildman–Crippen LogP) is 4.01. The first kappa shape index (κ1) is 19.3. The highest BCUT2D eigenvalue weighted by Crippen LogP contribution is 2.28. The van der Waals surface area contributed by atoms with Crippen LogP contribution in [0.5, 0.6) is 0 Å². The zero-order chi connectivity index (χ0) is 20.2. The molecule has 4 rings (SSSR count). The van der Waals surface area contributed by atoms with Gasteiger partial charge in [-0.15, -0.1) is 0 Å². The van der Waals surface area contributed by atoms with E-state index in [0.29, 0.717) is 12.3 Å². The molecular formula is C23H26N4O2. The van der Waals surface area contributed by atoms with Gasteiger partial charge in [0.2, 0.25) is 0 Å². The number of nitrogens with zero attached hydrogens (tertiary/aromatic N) is 4. The molecule has 0 amide bonds. The van der Waals surface area contributed by atoms with Crippen LogP contribution in [-0.2, 0) is 16.1 Å². The topological polar surface area (TPSA) is 60.2 Å². The molecule has 0 spiro atoms. The van der Waals surface area contributed by atoms with Crippen LogP contribution in [0.4, 0.5) is 0 Å². The van der Waals surface area contributed by atoms with Crippen LogP contribution in [0.25, 0.3) is 33.1 Å². The van der Waals surface area contributed by atoms with Crippen molar-refractivity contribution in [3.63, 3.8) is 0 Å². The van der Waals surface area contributed by atoms with E-state index in [9.17, 15) is 4.79 Å². The van der Waals surface area contributed by atoms with Gasteiger partial charge >= 0.3 is 5.97 Å². The van der Waals surface area contributed by atoms with E-state index in [4.69, 9.17) is 14.7 Å². The molecule has 150 valence electrons. The van der Waals surface area contributed by atoms with Crippen molar-refractivity contribution in [2.24, 2.45) is 0 Å². The number of benzene rings is 2. The molecule has 0 saturated carbocycles. The summed E-state index contributed by atoms with van der Waals surface area (Å²) in [5, 5.41) is 0.995. The molecule has 6 nitrogen and oxygen atoms in total. The quantitative estimate of drug-likeness (QED) is 0.336. The maximum absolute atomic E-state index is 12.5. The van der Waals surface area contributed by atoms with Gasteiger partial charge < -0.3 is 14.2 Å².